The molecule has 0 bridgehead atoms. The molecule has 1 amide bonds. The van der Waals surface area contributed by atoms with Gasteiger partial charge in [0, 0.05) is 13.6 Å². The average Bonchev–Trinajstić information content (AvgIpc) is 3.04. The molecule has 1 unspecified atom stereocenters. The molecule has 0 saturated carbocycles. The van der Waals surface area contributed by atoms with Gasteiger partial charge in [-0.1, -0.05) is 5.16 Å². The second-order valence-corrected chi connectivity index (χ2v) is 5.74. The lowest BCUT2D eigenvalue weighted by Gasteiger charge is -2.35. The van der Waals surface area contributed by atoms with Crippen molar-refractivity contribution in [2.45, 2.75) is 32.4 Å². The monoisotopic (exact) mass is 307 g/mol. The van der Waals surface area contributed by atoms with Gasteiger partial charge >= 0.3 is 0 Å². The Morgan fingerprint density at radius 2 is 2.23 bits per heavy atom. The van der Waals surface area contributed by atoms with Crippen LogP contribution in [0.25, 0.3) is 0 Å². The smallest absolute Gasteiger partial charge is 0.272 e. The zero-order chi connectivity index (χ0) is 15.9. The van der Waals surface area contributed by atoms with Gasteiger partial charge in [0.05, 0.1) is 12.2 Å². The fraction of sp³-hybridized carbons (Fsp3) is 0.571. The Morgan fingerprint density at radius 1 is 1.45 bits per heavy atom. The maximum atomic E-state index is 15.1. The molecule has 2 aromatic rings. The topological polar surface area (TPSA) is 77.0 Å². The number of carbonyl (C=O) groups is 1. The van der Waals surface area contributed by atoms with E-state index in [0.29, 0.717) is 24.5 Å². The van der Waals surface area contributed by atoms with E-state index < -0.39 is 5.67 Å². The number of hydrogen-bond donors (Lipinski definition) is 0. The summed E-state index contributed by atoms with van der Waals surface area (Å²) in [6.07, 6.45) is 0.809. The zero-order valence-electron chi connectivity index (χ0n) is 12.8. The van der Waals surface area contributed by atoms with Crippen LogP contribution in [-0.2, 0) is 12.7 Å². The number of piperidine rings is 1. The van der Waals surface area contributed by atoms with E-state index in [9.17, 15) is 4.79 Å². The van der Waals surface area contributed by atoms with Crippen molar-refractivity contribution in [2.24, 2.45) is 7.05 Å². The number of hydrogen-bond acceptors (Lipinski definition) is 5. The second kappa shape index (κ2) is 5.19. The number of nitrogens with zero attached hydrogens (tertiary/aromatic N) is 5. The van der Waals surface area contributed by atoms with Gasteiger partial charge in [0.15, 0.2) is 5.82 Å². The predicted molar refractivity (Wildman–Crippen MR) is 74.9 cm³/mol. The summed E-state index contributed by atoms with van der Waals surface area (Å²) in [6.45, 7) is 3.87. The standard InChI is InChI=1S/C14H18FN5O2/c1-9-7-11(19(3)17-9)12(21)20-6-4-5-14(15,8-20)13-16-10(2)18-22-13/h7H,4-6,8H2,1-3H3. The normalized spacial score (nSPS) is 22.1. The summed E-state index contributed by atoms with van der Waals surface area (Å²) < 4.78 is 21.6. The minimum Gasteiger partial charge on any atom is -0.336 e. The summed E-state index contributed by atoms with van der Waals surface area (Å²) in [5, 5.41) is 7.80. The zero-order valence-corrected chi connectivity index (χ0v) is 12.8. The highest BCUT2D eigenvalue weighted by Crippen LogP contribution is 2.35. The van der Waals surface area contributed by atoms with Crippen LogP contribution in [0, 0.1) is 13.8 Å². The SMILES string of the molecule is Cc1cc(C(=O)N2CCCC(F)(c3nc(C)no3)C2)n(C)n1. The number of carbonyl (C=O) groups excluding carboxylic acids is 1. The molecule has 7 nitrogen and oxygen atoms in total. The van der Waals surface area contributed by atoms with Gasteiger partial charge in [-0.2, -0.15) is 10.1 Å². The van der Waals surface area contributed by atoms with Crippen molar-refractivity contribution in [2.75, 3.05) is 13.1 Å². The van der Waals surface area contributed by atoms with E-state index >= 15 is 4.39 Å². The number of alkyl halides is 1. The average molecular weight is 307 g/mol. The molecule has 8 heteroatoms. The van der Waals surface area contributed by atoms with Crippen molar-refractivity contribution in [3.63, 3.8) is 0 Å². The highest BCUT2D eigenvalue weighted by atomic mass is 19.1. The Hall–Kier alpha value is -2.25. The highest BCUT2D eigenvalue weighted by Gasteiger charge is 2.44. The largest absolute Gasteiger partial charge is 0.336 e. The molecule has 0 aromatic carbocycles. The molecule has 1 saturated heterocycles. The lowest BCUT2D eigenvalue weighted by atomic mass is 9.94. The van der Waals surface area contributed by atoms with Gasteiger partial charge < -0.3 is 9.42 Å². The summed E-state index contributed by atoms with van der Waals surface area (Å²) in [5.74, 6) is 0.0995. The van der Waals surface area contributed by atoms with E-state index in [0.717, 1.165) is 5.69 Å². The van der Waals surface area contributed by atoms with Crippen LogP contribution < -0.4 is 0 Å². The Bertz CT molecular complexity index is 710. The summed E-state index contributed by atoms with van der Waals surface area (Å²) in [4.78, 5) is 18.1. The van der Waals surface area contributed by atoms with Gasteiger partial charge in [-0.15, -0.1) is 0 Å². The molecule has 0 radical (unpaired) electrons. The highest BCUT2D eigenvalue weighted by molar-refractivity contribution is 5.92. The molecule has 1 aliphatic heterocycles. The third-order valence-electron chi connectivity index (χ3n) is 3.86. The second-order valence-electron chi connectivity index (χ2n) is 5.74. The molecule has 1 atom stereocenters. The number of halogens is 1. The molecular weight excluding hydrogens is 289 g/mol. The van der Waals surface area contributed by atoms with Crippen LogP contribution in [0.2, 0.25) is 0 Å². The lowest BCUT2D eigenvalue weighted by molar-refractivity contribution is 0.0147. The first-order valence-electron chi connectivity index (χ1n) is 7.19. The van der Waals surface area contributed by atoms with E-state index in [-0.39, 0.29) is 24.8 Å². The van der Waals surface area contributed by atoms with Crippen LogP contribution in [-0.4, -0.2) is 43.8 Å². The summed E-state index contributed by atoms with van der Waals surface area (Å²) in [7, 11) is 1.70. The van der Waals surface area contributed by atoms with Crippen molar-refractivity contribution < 1.29 is 13.7 Å². The van der Waals surface area contributed by atoms with Crippen molar-refractivity contribution in [1.29, 1.82) is 0 Å². The van der Waals surface area contributed by atoms with Gasteiger partial charge in [-0.3, -0.25) is 9.48 Å². The van der Waals surface area contributed by atoms with Crippen LogP contribution in [0.1, 0.15) is 40.7 Å². The minimum absolute atomic E-state index is 0.0521. The van der Waals surface area contributed by atoms with Crippen molar-refractivity contribution in [3.05, 3.63) is 29.2 Å². The number of amides is 1. The molecule has 0 N–H and O–H groups in total. The van der Waals surface area contributed by atoms with E-state index in [1.807, 2.05) is 6.92 Å². The first-order valence-corrected chi connectivity index (χ1v) is 7.19. The maximum Gasteiger partial charge on any atom is 0.272 e. The molecule has 0 spiro atoms. The third kappa shape index (κ3) is 2.49. The quantitative estimate of drug-likeness (QED) is 0.840. The first kappa shape index (κ1) is 14.7. The Morgan fingerprint density at radius 3 is 2.82 bits per heavy atom. The van der Waals surface area contributed by atoms with Crippen molar-refractivity contribution in [1.82, 2.24) is 24.8 Å². The molecule has 2 aromatic heterocycles. The predicted octanol–water partition coefficient (Wildman–Crippen LogP) is 1.52. The molecule has 3 heterocycles. The van der Waals surface area contributed by atoms with Gasteiger partial charge in [0.2, 0.25) is 5.67 Å². The van der Waals surface area contributed by atoms with Gasteiger partial charge in [-0.25, -0.2) is 4.39 Å². The van der Waals surface area contributed by atoms with Gasteiger partial charge in [-0.05, 0) is 32.8 Å². The van der Waals surface area contributed by atoms with Crippen LogP contribution in [0.15, 0.2) is 10.6 Å². The maximum absolute atomic E-state index is 15.1. The van der Waals surface area contributed by atoms with E-state index in [1.165, 1.54) is 9.58 Å². The minimum atomic E-state index is -1.79. The van der Waals surface area contributed by atoms with E-state index in [1.54, 1.807) is 20.0 Å². The molecular formula is C14H18FN5O2. The summed E-state index contributed by atoms with van der Waals surface area (Å²) in [5.41, 5.74) is -0.589. The molecule has 1 aliphatic rings. The number of aromatic nitrogens is 4. The first-order chi connectivity index (χ1) is 10.4. The fourth-order valence-corrected chi connectivity index (χ4v) is 2.81. The summed E-state index contributed by atoms with van der Waals surface area (Å²) >= 11 is 0. The van der Waals surface area contributed by atoms with Crippen molar-refractivity contribution in [3.8, 4) is 0 Å². The van der Waals surface area contributed by atoms with Crippen LogP contribution in [0.3, 0.4) is 0 Å². The van der Waals surface area contributed by atoms with E-state index in [2.05, 4.69) is 15.2 Å². The summed E-state index contributed by atoms with van der Waals surface area (Å²) in [6, 6.07) is 1.70. The fourth-order valence-electron chi connectivity index (χ4n) is 2.81. The Labute approximate surface area is 127 Å². The molecule has 22 heavy (non-hydrogen) atoms. The number of likely N-dealkylation sites (tertiary alicyclic amines) is 1. The van der Waals surface area contributed by atoms with E-state index in [4.69, 9.17) is 4.52 Å². The third-order valence-corrected chi connectivity index (χ3v) is 3.86. The van der Waals surface area contributed by atoms with Crippen LogP contribution in [0.4, 0.5) is 4.39 Å². The molecule has 3 rings (SSSR count). The van der Waals surface area contributed by atoms with Gasteiger partial charge in [0.25, 0.3) is 11.8 Å². The molecule has 118 valence electrons. The molecule has 0 aliphatic carbocycles. The van der Waals surface area contributed by atoms with Crippen molar-refractivity contribution >= 4 is 5.91 Å². The van der Waals surface area contributed by atoms with Crippen LogP contribution >= 0.6 is 0 Å². The number of aryl methyl sites for hydroxylation is 3. The molecule has 1 fully saturated rings. The number of rotatable bonds is 2. The lowest BCUT2D eigenvalue weighted by Crippen LogP contribution is -2.47. The van der Waals surface area contributed by atoms with Gasteiger partial charge in [0.1, 0.15) is 5.69 Å². The Balaban J connectivity index is 1.84. The van der Waals surface area contributed by atoms with Crippen LogP contribution in [0.5, 0.6) is 0 Å². The Kier molecular flexibility index (Phi) is 3.46.